The summed E-state index contributed by atoms with van der Waals surface area (Å²) in [6, 6.07) is 8.76. The maximum absolute atomic E-state index is 5.57. The lowest BCUT2D eigenvalue weighted by Crippen LogP contribution is -2.23. The van der Waals surface area contributed by atoms with Crippen molar-refractivity contribution in [3.05, 3.63) is 49.6 Å². The van der Waals surface area contributed by atoms with Crippen LogP contribution >= 0.6 is 27.3 Å². The van der Waals surface area contributed by atoms with Crippen LogP contribution in [0.3, 0.4) is 0 Å². The first kappa shape index (κ1) is 16.5. The van der Waals surface area contributed by atoms with Gasteiger partial charge in [-0.2, -0.15) is 0 Å². The Balaban J connectivity index is 2.47. The summed E-state index contributed by atoms with van der Waals surface area (Å²) >= 11 is 5.45. The number of halogens is 1. The lowest BCUT2D eigenvalue weighted by atomic mass is 10.0. The Hall–Kier alpha value is -0.840. The summed E-state index contributed by atoms with van der Waals surface area (Å²) in [7, 11) is 1.74. The van der Waals surface area contributed by atoms with Crippen LogP contribution < -0.4 is 10.1 Å². The quantitative estimate of drug-likeness (QED) is 0.754. The number of nitrogens with one attached hydrogen (secondary N) is 1. The Labute approximate surface area is 139 Å². The van der Waals surface area contributed by atoms with Crippen LogP contribution in [0.5, 0.6) is 5.75 Å². The van der Waals surface area contributed by atoms with Gasteiger partial charge in [0.15, 0.2) is 0 Å². The van der Waals surface area contributed by atoms with E-state index in [4.69, 9.17) is 4.74 Å². The van der Waals surface area contributed by atoms with Crippen molar-refractivity contribution in [1.82, 2.24) is 5.32 Å². The van der Waals surface area contributed by atoms with Crippen LogP contribution in [0.2, 0.25) is 0 Å². The second-order valence-corrected chi connectivity index (χ2v) is 7.33. The van der Waals surface area contributed by atoms with Crippen LogP contribution in [0.4, 0.5) is 0 Å². The lowest BCUT2D eigenvalue weighted by Gasteiger charge is -2.21. The Morgan fingerprint density at radius 3 is 2.62 bits per heavy atom. The lowest BCUT2D eigenvalue weighted by molar-refractivity contribution is 0.404. The highest BCUT2D eigenvalue weighted by atomic mass is 79.9. The third-order valence-electron chi connectivity index (χ3n) is 3.46. The highest BCUT2D eigenvalue weighted by molar-refractivity contribution is 9.10. The number of ether oxygens (including phenoxy) is 1. The predicted molar refractivity (Wildman–Crippen MR) is 94.6 cm³/mol. The van der Waals surface area contributed by atoms with Crippen molar-refractivity contribution in [1.29, 1.82) is 0 Å². The van der Waals surface area contributed by atoms with E-state index in [0.29, 0.717) is 0 Å². The third-order valence-corrected chi connectivity index (χ3v) is 5.66. The van der Waals surface area contributed by atoms with Crippen LogP contribution in [-0.4, -0.2) is 13.7 Å². The predicted octanol–water partition coefficient (Wildman–Crippen LogP) is 5.23. The van der Waals surface area contributed by atoms with Gasteiger partial charge in [0.1, 0.15) is 5.75 Å². The zero-order valence-corrected chi connectivity index (χ0v) is 15.4. The van der Waals surface area contributed by atoms with Crippen molar-refractivity contribution in [2.45, 2.75) is 33.2 Å². The molecule has 4 heteroatoms. The van der Waals surface area contributed by atoms with E-state index in [9.17, 15) is 0 Å². The third kappa shape index (κ3) is 3.87. The average molecular weight is 368 g/mol. The van der Waals surface area contributed by atoms with E-state index in [-0.39, 0.29) is 6.04 Å². The van der Waals surface area contributed by atoms with Crippen LogP contribution in [0, 0.1) is 13.8 Å². The number of hydrogen-bond donors (Lipinski definition) is 1. The van der Waals surface area contributed by atoms with Crippen molar-refractivity contribution >= 4 is 27.3 Å². The van der Waals surface area contributed by atoms with E-state index >= 15 is 0 Å². The van der Waals surface area contributed by atoms with Crippen LogP contribution in [0.15, 0.2) is 28.7 Å². The number of thiophene rings is 1. The van der Waals surface area contributed by atoms with Gasteiger partial charge in [-0.3, -0.25) is 0 Å². The van der Waals surface area contributed by atoms with Gasteiger partial charge in [-0.1, -0.05) is 24.6 Å². The largest absolute Gasteiger partial charge is 0.496 e. The summed E-state index contributed by atoms with van der Waals surface area (Å²) in [6.45, 7) is 7.43. The highest BCUT2D eigenvalue weighted by Gasteiger charge is 2.20. The Morgan fingerprint density at radius 1 is 1.29 bits per heavy atom. The van der Waals surface area contributed by atoms with E-state index in [2.05, 4.69) is 66.3 Å². The first-order chi connectivity index (χ1) is 10.1. The zero-order valence-electron chi connectivity index (χ0n) is 13.0. The number of aryl methyl sites for hydroxylation is 2. The fraction of sp³-hybridized carbons (Fsp3) is 0.412. The van der Waals surface area contributed by atoms with Crippen molar-refractivity contribution in [2.24, 2.45) is 0 Å². The zero-order chi connectivity index (χ0) is 15.4. The minimum atomic E-state index is 0.176. The van der Waals surface area contributed by atoms with Gasteiger partial charge in [-0.05, 0) is 54.9 Å². The van der Waals surface area contributed by atoms with E-state index in [0.717, 1.165) is 18.7 Å². The summed E-state index contributed by atoms with van der Waals surface area (Å²) in [5.41, 5.74) is 2.46. The average Bonchev–Trinajstić information content (AvgIpc) is 2.79. The molecule has 1 aromatic heterocycles. The number of benzene rings is 1. The van der Waals surface area contributed by atoms with E-state index < -0.39 is 0 Å². The van der Waals surface area contributed by atoms with Gasteiger partial charge in [-0.25, -0.2) is 0 Å². The molecule has 2 aromatic rings. The van der Waals surface area contributed by atoms with Gasteiger partial charge in [0.05, 0.1) is 13.2 Å². The molecule has 0 aliphatic heterocycles. The second-order valence-electron chi connectivity index (χ2n) is 5.19. The molecule has 0 fully saturated rings. The summed E-state index contributed by atoms with van der Waals surface area (Å²) in [5, 5.41) is 3.65. The van der Waals surface area contributed by atoms with Gasteiger partial charge in [0, 0.05) is 19.8 Å². The van der Waals surface area contributed by atoms with Crippen LogP contribution in [-0.2, 0) is 0 Å². The Kier molecular flexibility index (Phi) is 5.85. The molecule has 0 aliphatic carbocycles. The molecule has 1 heterocycles. The molecule has 2 rings (SSSR count). The molecule has 0 spiro atoms. The molecule has 1 N–H and O–H groups in total. The number of methoxy groups -OCH3 is 1. The fourth-order valence-corrected chi connectivity index (χ4v) is 4.01. The molecule has 1 atom stereocenters. The molecule has 114 valence electrons. The molecule has 2 nitrogen and oxygen atoms in total. The monoisotopic (exact) mass is 367 g/mol. The smallest absolute Gasteiger partial charge is 0.124 e. The second kappa shape index (κ2) is 7.43. The van der Waals surface area contributed by atoms with E-state index in [1.54, 1.807) is 7.11 Å². The summed E-state index contributed by atoms with van der Waals surface area (Å²) in [5.74, 6) is 0.941. The van der Waals surface area contributed by atoms with Gasteiger partial charge in [0.25, 0.3) is 0 Å². The highest BCUT2D eigenvalue weighted by Crippen LogP contribution is 2.37. The Morgan fingerprint density at radius 2 is 2.05 bits per heavy atom. The van der Waals surface area contributed by atoms with E-state index in [1.807, 2.05) is 11.3 Å². The van der Waals surface area contributed by atoms with Crippen LogP contribution in [0.1, 0.15) is 40.3 Å². The van der Waals surface area contributed by atoms with Crippen molar-refractivity contribution in [3.63, 3.8) is 0 Å². The standard InChI is InChI=1S/C17H22BrNOS/c1-5-8-19-17(16-10-14(18)12(3)21-16)13-9-11(2)6-7-15(13)20-4/h6-7,9-10,17,19H,5,8H2,1-4H3. The topological polar surface area (TPSA) is 21.3 Å². The summed E-state index contributed by atoms with van der Waals surface area (Å²) < 4.78 is 6.75. The maximum atomic E-state index is 5.57. The minimum Gasteiger partial charge on any atom is -0.496 e. The Bertz CT molecular complexity index is 589. The molecule has 0 saturated heterocycles. The molecule has 0 radical (unpaired) electrons. The summed E-state index contributed by atoms with van der Waals surface area (Å²) in [4.78, 5) is 2.62. The van der Waals surface area contributed by atoms with Gasteiger partial charge in [-0.15, -0.1) is 11.3 Å². The number of hydrogen-bond acceptors (Lipinski definition) is 3. The normalized spacial score (nSPS) is 12.4. The SMILES string of the molecule is CCCNC(c1cc(Br)c(C)s1)c1cc(C)ccc1OC. The van der Waals surface area contributed by atoms with Crippen molar-refractivity contribution < 1.29 is 4.74 Å². The number of rotatable bonds is 6. The van der Waals surface area contributed by atoms with Crippen molar-refractivity contribution in [3.8, 4) is 5.75 Å². The molecule has 1 unspecified atom stereocenters. The molecule has 0 saturated carbocycles. The molecular weight excluding hydrogens is 346 g/mol. The maximum Gasteiger partial charge on any atom is 0.124 e. The molecule has 21 heavy (non-hydrogen) atoms. The molecule has 0 aliphatic rings. The van der Waals surface area contributed by atoms with Crippen molar-refractivity contribution in [2.75, 3.05) is 13.7 Å². The van der Waals surface area contributed by atoms with Gasteiger partial charge >= 0.3 is 0 Å². The molecule has 0 bridgehead atoms. The van der Waals surface area contributed by atoms with E-state index in [1.165, 1.54) is 25.4 Å². The first-order valence-corrected chi connectivity index (χ1v) is 8.81. The fourth-order valence-electron chi connectivity index (χ4n) is 2.36. The van der Waals surface area contributed by atoms with Gasteiger partial charge in [0.2, 0.25) is 0 Å². The van der Waals surface area contributed by atoms with Gasteiger partial charge < -0.3 is 10.1 Å². The molecule has 1 aromatic carbocycles. The molecule has 0 amide bonds. The summed E-state index contributed by atoms with van der Waals surface area (Å²) in [6.07, 6.45) is 1.11. The molecular formula is C17H22BrNOS. The van der Waals surface area contributed by atoms with Crippen LogP contribution in [0.25, 0.3) is 0 Å². The first-order valence-electron chi connectivity index (χ1n) is 7.20. The minimum absolute atomic E-state index is 0.176.